The zero-order valence-corrected chi connectivity index (χ0v) is 9.97. The highest BCUT2D eigenvalue weighted by molar-refractivity contribution is 9.10. The summed E-state index contributed by atoms with van der Waals surface area (Å²) in [5.74, 6) is 0.624. The largest absolute Gasteiger partial charge is 0.151 e. The highest BCUT2D eigenvalue weighted by atomic mass is 79.9. The predicted molar refractivity (Wildman–Crippen MR) is 61.0 cm³/mol. The van der Waals surface area contributed by atoms with Crippen LogP contribution in [0.1, 0.15) is 18.9 Å². The van der Waals surface area contributed by atoms with Crippen molar-refractivity contribution in [2.24, 2.45) is 0 Å². The number of hydrogen-bond acceptors (Lipinski definition) is 1. The summed E-state index contributed by atoms with van der Waals surface area (Å²) < 4.78 is 1.16. The van der Waals surface area contributed by atoms with Gasteiger partial charge in [0.05, 0.1) is 0 Å². The van der Waals surface area contributed by atoms with Crippen molar-refractivity contribution in [2.75, 3.05) is 5.88 Å². The molecule has 0 nitrogen and oxygen atoms in total. The van der Waals surface area contributed by atoms with Gasteiger partial charge in [-0.05, 0) is 33.3 Å². The molecule has 0 radical (unpaired) electrons. The van der Waals surface area contributed by atoms with Crippen molar-refractivity contribution in [3.63, 3.8) is 0 Å². The van der Waals surface area contributed by atoms with Crippen LogP contribution in [0.15, 0.2) is 20.8 Å². The van der Waals surface area contributed by atoms with Gasteiger partial charge in [0.1, 0.15) is 0 Å². The normalized spacial score (nSPS) is 12.1. The van der Waals surface area contributed by atoms with Gasteiger partial charge in [0.2, 0.25) is 0 Å². The van der Waals surface area contributed by atoms with E-state index in [1.54, 1.807) is 11.3 Å². The van der Waals surface area contributed by atoms with Gasteiger partial charge in [0.15, 0.2) is 0 Å². The van der Waals surface area contributed by atoms with Crippen molar-refractivity contribution < 1.29 is 0 Å². The number of halogens is 2. The summed E-state index contributed by atoms with van der Waals surface area (Å²) in [5, 5.41) is 4.19. The van der Waals surface area contributed by atoms with Crippen LogP contribution in [-0.2, 0) is 0 Å². The summed E-state index contributed by atoms with van der Waals surface area (Å²) in [4.78, 5) is 0. The summed E-state index contributed by atoms with van der Waals surface area (Å²) in [7, 11) is 0. The Morgan fingerprint density at radius 2 is 2.42 bits per heavy atom. The minimum Gasteiger partial charge on any atom is -0.151 e. The molecule has 0 saturated carbocycles. The molecule has 66 valence electrons. The average Bonchev–Trinajstić information content (AvgIpc) is 2.47. The monoisotopic (exact) mass is 264 g/mol. The van der Waals surface area contributed by atoms with Gasteiger partial charge in [-0.15, -0.1) is 11.6 Å². The molecule has 0 amide bonds. The van der Waals surface area contributed by atoms with Gasteiger partial charge in [0, 0.05) is 15.7 Å². The van der Waals surface area contributed by atoms with Gasteiger partial charge in [-0.25, -0.2) is 0 Å². The molecule has 1 heterocycles. The molecule has 12 heavy (non-hydrogen) atoms. The lowest BCUT2D eigenvalue weighted by Gasteiger charge is -1.97. The molecule has 0 spiro atoms. The smallest absolute Gasteiger partial charge is 0.0436 e. The molecule has 3 heteroatoms. The third kappa shape index (κ3) is 2.61. The maximum Gasteiger partial charge on any atom is 0.0436 e. The number of rotatable bonds is 3. The lowest BCUT2D eigenvalue weighted by atomic mass is 10.2. The third-order valence-corrected chi connectivity index (χ3v) is 3.72. The van der Waals surface area contributed by atoms with E-state index in [-0.39, 0.29) is 0 Å². The Bertz CT molecular complexity index is 272. The van der Waals surface area contributed by atoms with E-state index in [9.17, 15) is 0 Å². The van der Waals surface area contributed by atoms with Crippen LogP contribution < -0.4 is 0 Å². The van der Waals surface area contributed by atoms with Crippen molar-refractivity contribution in [3.8, 4) is 0 Å². The minimum atomic E-state index is 0.624. The summed E-state index contributed by atoms with van der Waals surface area (Å²) in [6, 6.07) is 0. The number of alkyl halides is 1. The van der Waals surface area contributed by atoms with E-state index in [1.807, 2.05) is 0 Å². The molecule has 0 bridgehead atoms. The van der Waals surface area contributed by atoms with E-state index in [1.165, 1.54) is 11.1 Å². The van der Waals surface area contributed by atoms with Gasteiger partial charge < -0.3 is 0 Å². The molecule has 0 aliphatic heterocycles. The van der Waals surface area contributed by atoms with E-state index in [0.29, 0.717) is 5.88 Å². The lowest BCUT2D eigenvalue weighted by molar-refractivity contribution is 1.12. The fourth-order valence-electron chi connectivity index (χ4n) is 0.849. The van der Waals surface area contributed by atoms with Gasteiger partial charge >= 0.3 is 0 Å². The van der Waals surface area contributed by atoms with Crippen LogP contribution >= 0.6 is 38.9 Å². The van der Waals surface area contributed by atoms with Gasteiger partial charge in [0.25, 0.3) is 0 Å². The zero-order valence-electron chi connectivity index (χ0n) is 6.81. The van der Waals surface area contributed by atoms with E-state index < -0.39 is 0 Å². The number of thiophene rings is 1. The van der Waals surface area contributed by atoms with Crippen LogP contribution in [0.3, 0.4) is 0 Å². The molecule has 0 aromatic carbocycles. The van der Waals surface area contributed by atoms with E-state index in [4.69, 9.17) is 11.6 Å². The standard InChI is InChI=1S/C9H10BrClS/c1-2-7(4-11)3-8-5-12-6-9(8)10/h3,5-6H,2,4H2,1H3/b7-3-. The molecule has 0 N–H and O–H groups in total. The zero-order chi connectivity index (χ0) is 8.97. The molecular weight excluding hydrogens is 256 g/mol. The second-order valence-corrected chi connectivity index (χ2v) is 4.33. The molecule has 0 aliphatic rings. The van der Waals surface area contributed by atoms with Gasteiger partial charge in [-0.1, -0.05) is 18.6 Å². The van der Waals surface area contributed by atoms with Crippen molar-refractivity contribution in [3.05, 3.63) is 26.4 Å². The molecule has 0 atom stereocenters. The molecular formula is C9H10BrClS. The molecule has 0 aliphatic carbocycles. The first-order valence-electron chi connectivity index (χ1n) is 3.75. The Labute approximate surface area is 90.4 Å². The van der Waals surface area contributed by atoms with Crippen LogP contribution in [-0.4, -0.2) is 5.88 Å². The second kappa shape index (κ2) is 5.05. The Balaban J connectivity index is 2.85. The average molecular weight is 266 g/mol. The number of allylic oxidation sites excluding steroid dienone is 1. The Morgan fingerprint density at radius 3 is 2.83 bits per heavy atom. The van der Waals surface area contributed by atoms with Crippen LogP contribution in [0.25, 0.3) is 6.08 Å². The van der Waals surface area contributed by atoms with Crippen molar-refractivity contribution >= 4 is 44.9 Å². The quantitative estimate of drug-likeness (QED) is 0.704. The van der Waals surface area contributed by atoms with Crippen LogP contribution in [0, 0.1) is 0 Å². The molecule has 0 saturated heterocycles. The maximum atomic E-state index is 5.76. The Kier molecular flexibility index (Phi) is 4.33. The lowest BCUT2D eigenvalue weighted by Crippen LogP contribution is -1.81. The Morgan fingerprint density at radius 1 is 1.67 bits per heavy atom. The van der Waals surface area contributed by atoms with Crippen molar-refractivity contribution in [2.45, 2.75) is 13.3 Å². The van der Waals surface area contributed by atoms with Gasteiger partial charge in [-0.3, -0.25) is 0 Å². The first kappa shape index (κ1) is 10.3. The molecule has 0 unspecified atom stereocenters. The first-order chi connectivity index (χ1) is 5.77. The molecule has 1 aromatic rings. The fraction of sp³-hybridized carbons (Fsp3) is 0.333. The van der Waals surface area contributed by atoms with E-state index in [2.05, 4.69) is 39.7 Å². The second-order valence-electron chi connectivity index (χ2n) is 2.46. The highest BCUT2D eigenvalue weighted by Crippen LogP contribution is 2.24. The molecule has 0 fully saturated rings. The molecule has 1 rings (SSSR count). The van der Waals surface area contributed by atoms with Crippen LogP contribution in [0.4, 0.5) is 0 Å². The van der Waals surface area contributed by atoms with Crippen LogP contribution in [0.5, 0.6) is 0 Å². The summed E-state index contributed by atoms with van der Waals surface area (Å²) in [6.45, 7) is 2.12. The van der Waals surface area contributed by atoms with E-state index in [0.717, 1.165) is 10.9 Å². The number of hydrogen-bond donors (Lipinski definition) is 0. The Hall–Kier alpha value is 0.210. The SMILES string of the molecule is CC/C(=C/c1cscc1Br)CCl. The van der Waals surface area contributed by atoms with Crippen molar-refractivity contribution in [1.82, 2.24) is 0 Å². The summed E-state index contributed by atoms with van der Waals surface area (Å²) >= 11 is 10.9. The summed E-state index contributed by atoms with van der Waals surface area (Å²) in [6.07, 6.45) is 3.17. The van der Waals surface area contributed by atoms with Crippen molar-refractivity contribution in [1.29, 1.82) is 0 Å². The first-order valence-corrected chi connectivity index (χ1v) is 6.02. The summed E-state index contributed by atoms with van der Waals surface area (Å²) in [5.41, 5.74) is 2.51. The third-order valence-electron chi connectivity index (χ3n) is 1.63. The van der Waals surface area contributed by atoms with Crippen LogP contribution in [0.2, 0.25) is 0 Å². The van der Waals surface area contributed by atoms with Gasteiger partial charge in [-0.2, -0.15) is 11.3 Å². The minimum absolute atomic E-state index is 0.624. The predicted octanol–water partition coefficient (Wildman–Crippen LogP) is 4.54. The highest BCUT2D eigenvalue weighted by Gasteiger charge is 1.98. The van der Waals surface area contributed by atoms with E-state index >= 15 is 0 Å². The molecule has 1 aromatic heterocycles. The topological polar surface area (TPSA) is 0 Å². The maximum absolute atomic E-state index is 5.76. The fourth-order valence-corrected chi connectivity index (χ4v) is 2.48.